The molecule has 1 aromatic rings. The number of piperidine rings is 1. The number of halogens is 3. The number of ether oxygens (including phenoxy) is 3. The van der Waals surface area contributed by atoms with E-state index in [4.69, 9.17) is 9.47 Å². The standard InChI is InChI=1S/C15H18F3NO5S/c16-15(17,18)24-11-4-6-12(7-5-11)25(20,21)19-8-2-1-3-13(19)14-22-9-10-23-14/h4-7,13-14H,1-3,8-10H2. The van der Waals surface area contributed by atoms with Gasteiger partial charge in [0.1, 0.15) is 5.75 Å². The lowest BCUT2D eigenvalue weighted by Gasteiger charge is -2.36. The fraction of sp³-hybridized carbons (Fsp3) is 0.600. The fourth-order valence-electron chi connectivity index (χ4n) is 3.05. The molecule has 140 valence electrons. The molecular weight excluding hydrogens is 363 g/mol. The van der Waals surface area contributed by atoms with Gasteiger partial charge in [0.05, 0.1) is 24.2 Å². The Labute approximate surface area is 143 Å². The molecule has 0 radical (unpaired) electrons. The lowest BCUT2D eigenvalue weighted by Crippen LogP contribution is -2.50. The third kappa shape index (κ3) is 4.25. The number of sulfonamides is 1. The van der Waals surface area contributed by atoms with Crippen LogP contribution in [0.15, 0.2) is 29.2 Å². The highest BCUT2D eigenvalue weighted by molar-refractivity contribution is 7.89. The molecule has 2 aliphatic heterocycles. The van der Waals surface area contributed by atoms with Crippen LogP contribution in [0.3, 0.4) is 0 Å². The molecule has 6 nitrogen and oxygen atoms in total. The maximum absolute atomic E-state index is 12.9. The maximum Gasteiger partial charge on any atom is 0.573 e. The predicted molar refractivity (Wildman–Crippen MR) is 80.3 cm³/mol. The Morgan fingerprint density at radius 2 is 1.72 bits per heavy atom. The minimum Gasteiger partial charge on any atom is -0.406 e. The Balaban J connectivity index is 1.81. The summed E-state index contributed by atoms with van der Waals surface area (Å²) in [4.78, 5) is -0.0908. The van der Waals surface area contributed by atoms with Crippen LogP contribution in [0, 0.1) is 0 Å². The first-order valence-electron chi connectivity index (χ1n) is 7.88. The lowest BCUT2D eigenvalue weighted by molar-refractivity contribution is -0.274. The van der Waals surface area contributed by atoms with Crippen molar-refractivity contribution in [2.24, 2.45) is 0 Å². The maximum atomic E-state index is 12.9. The highest BCUT2D eigenvalue weighted by Crippen LogP contribution is 2.31. The molecule has 2 heterocycles. The predicted octanol–water partition coefficient (Wildman–Crippen LogP) is 2.50. The van der Waals surface area contributed by atoms with Crippen molar-refractivity contribution >= 4 is 10.0 Å². The zero-order chi connectivity index (χ0) is 18.1. The largest absolute Gasteiger partial charge is 0.573 e. The molecule has 1 aromatic carbocycles. The number of benzene rings is 1. The Bertz CT molecular complexity index is 686. The number of alkyl halides is 3. The summed E-state index contributed by atoms with van der Waals surface area (Å²) in [7, 11) is -3.87. The summed E-state index contributed by atoms with van der Waals surface area (Å²) in [5, 5.41) is 0. The summed E-state index contributed by atoms with van der Waals surface area (Å²) in [5.41, 5.74) is 0. The lowest BCUT2D eigenvalue weighted by atomic mass is 10.0. The van der Waals surface area contributed by atoms with Gasteiger partial charge in [0.2, 0.25) is 10.0 Å². The molecular formula is C15H18F3NO5S. The monoisotopic (exact) mass is 381 g/mol. The minimum atomic E-state index is -4.82. The quantitative estimate of drug-likeness (QED) is 0.802. The molecule has 3 rings (SSSR count). The second-order valence-corrected chi connectivity index (χ2v) is 7.70. The van der Waals surface area contributed by atoms with Gasteiger partial charge in [-0.05, 0) is 37.1 Å². The van der Waals surface area contributed by atoms with Crippen LogP contribution >= 0.6 is 0 Å². The van der Waals surface area contributed by atoms with E-state index in [0.29, 0.717) is 32.6 Å². The highest BCUT2D eigenvalue weighted by Gasteiger charge is 2.40. The van der Waals surface area contributed by atoms with E-state index in [0.717, 1.165) is 30.7 Å². The second kappa shape index (κ2) is 7.10. The van der Waals surface area contributed by atoms with Gasteiger partial charge in [0.15, 0.2) is 6.29 Å². The van der Waals surface area contributed by atoms with Gasteiger partial charge in [-0.2, -0.15) is 4.31 Å². The van der Waals surface area contributed by atoms with E-state index in [2.05, 4.69) is 4.74 Å². The van der Waals surface area contributed by atoms with Gasteiger partial charge in [-0.3, -0.25) is 0 Å². The van der Waals surface area contributed by atoms with Crippen molar-refractivity contribution in [3.63, 3.8) is 0 Å². The summed E-state index contributed by atoms with van der Waals surface area (Å²) in [6, 6.07) is 3.76. The van der Waals surface area contributed by atoms with Crippen LogP contribution in [-0.2, 0) is 19.5 Å². The molecule has 25 heavy (non-hydrogen) atoms. The van der Waals surface area contributed by atoms with E-state index < -0.39 is 34.5 Å². The second-order valence-electron chi connectivity index (χ2n) is 5.81. The van der Waals surface area contributed by atoms with Crippen molar-refractivity contribution in [3.05, 3.63) is 24.3 Å². The van der Waals surface area contributed by atoms with Crippen LogP contribution in [-0.4, -0.2) is 51.2 Å². The molecule has 0 saturated carbocycles. The van der Waals surface area contributed by atoms with E-state index in [-0.39, 0.29) is 4.90 Å². The molecule has 0 amide bonds. The van der Waals surface area contributed by atoms with Gasteiger partial charge in [-0.25, -0.2) is 8.42 Å². The van der Waals surface area contributed by atoms with Crippen molar-refractivity contribution in [3.8, 4) is 5.75 Å². The molecule has 0 aromatic heterocycles. The third-order valence-corrected chi connectivity index (χ3v) is 6.06. The highest BCUT2D eigenvalue weighted by atomic mass is 32.2. The number of rotatable bonds is 4. The summed E-state index contributed by atoms with van der Waals surface area (Å²) in [6.45, 7) is 1.15. The van der Waals surface area contributed by atoms with Crippen LogP contribution in [0.1, 0.15) is 19.3 Å². The minimum absolute atomic E-state index is 0.0908. The Morgan fingerprint density at radius 3 is 2.32 bits per heavy atom. The van der Waals surface area contributed by atoms with Gasteiger partial charge >= 0.3 is 6.36 Å². The van der Waals surface area contributed by atoms with Crippen molar-refractivity contribution in [2.45, 2.75) is 42.9 Å². The average molecular weight is 381 g/mol. The SMILES string of the molecule is O=S(=O)(c1ccc(OC(F)(F)F)cc1)N1CCCCC1C1OCCO1. The van der Waals surface area contributed by atoms with Crippen LogP contribution < -0.4 is 4.74 Å². The molecule has 10 heteroatoms. The number of hydrogen-bond acceptors (Lipinski definition) is 5. The summed E-state index contributed by atoms with van der Waals surface area (Å²) in [5.74, 6) is -0.468. The summed E-state index contributed by atoms with van der Waals surface area (Å²) in [6.07, 6.45) is -3.26. The van der Waals surface area contributed by atoms with Crippen LogP contribution in [0.4, 0.5) is 13.2 Å². The summed E-state index contributed by atoms with van der Waals surface area (Å²) < 4.78 is 78.5. The van der Waals surface area contributed by atoms with Crippen molar-refractivity contribution < 1.29 is 35.8 Å². The molecule has 1 atom stereocenters. The van der Waals surface area contributed by atoms with E-state index in [1.807, 2.05) is 0 Å². The van der Waals surface area contributed by atoms with Gasteiger partial charge in [0, 0.05) is 6.54 Å². The van der Waals surface area contributed by atoms with Crippen LogP contribution in [0.2, 0.25) is 0 Å². The molecule has 2 fully saturated rings. The van der Waals surface area contributed by atoms with E-state index in [9.17, 15) is 21.6 Å². The average Bonchev–Trinajstić information content (AvgIpc) is 3.08. The van der Waals surface area contributed by atoms with Crippen molar-refractivity contribution in [1.82, 2.24) is 4.31 Å². The first kappa shape index (κ1) is 18.4. The third-order valence-electron chi connectivity index (χ3n) is 4.12. The Kier molecular flexibility index (Phi) is 5.24. The fourth-order valence-corrected chi connectivity index (χ4v) is 4.73. The number of hydrogen-bond donors (Lipinski definition) is 0. The van der Waals surface area contributed by atoms with Gasteiger partial charge in [0.25, 0.3) is 0 Å². The molecule has 2 aliphatic rings. The van der Waals surface area contributed by atoms with E-state index >= 15 is 0 Å². The van der Waals surface area contributed by atoms with Gasteiger partial charge in [-0.1, -0.05) is 6.42 Å². The zero-order valence-electron chi connectivity index (χ0n) is 13.2. The van der Waals surface area contributed by atoms with Crippen molar-refractivity contribution in [2.75, 3.05) is 19.8 Å². The smallest absolute Gasteiger partial charge is 0.406 e. The normalized spacial score (nSPS) is 23.7. The van der Waals surface area contributed by atoms with E-state index in [1.54, 1.807) is 0 Å². The van der Waals surface area contributed by atoms with Crippen molar-refractivity contribution in [1.29, 1.82) is 0 Å². The topological polar surface area (TPSA) is 65.1 Å². The zero-order valence-corrected chi connectivity index (χ0v) is 14.1. The first-order chi connectivity index (χ1) is 11.8. The Morgan fingerprint density at radius 1 is 1.08 bits per heavy atom. The molecule has 1 unspecified atom stereocenters. The van der Waals surface area contributed by atoms with Gasteiger partial charge in [-0.15, -0.1) is 13.2 Å². The molecule has 0 N–H and O–H groups in total. The first-order valence-corrected chi connectivity index (χ1v) is 9.32. The molecule has 0 aliphatic carbocycles. The molecule has 0 bridgehead atoms. The summed E-state index contributed by atoms with van der Waals surface area (Å²) >= 11 is 0. The van der Waals surface area contributed by atoms with E-state index in [1.165, 1.54) is 4.31 Å². The number of nitrogens with zero attached hydrogens (tertiary/aromatic N) is 1. The molecule has 2 saturated heterocycles. The van der Waals surface area contributed by atoms with Crippen LogP contribution in [0.5, 0.6) is 5.75 Å². The van der Waals surface area contributed by atoms with Gasteiger partial charge < -0.3 is 14.2 Å². The Hall–Kier alpha value is -1.36. The van der Waals surface area contributed by atoms with Crippen LogP contribution in [0.25, 0.3) is 0 Å². The molecule has 0 spiro atoms.